The smallest absolute Gasteiger partial charge is 0.309 e. The maximum atomic E-state index is 13.0. The summed E-state index contributed by atoms with van der Waals surface area (Å²) in [6, 6.07) is 2.86. The molecule has 2 heterocycles. The lowest BCUT2D eigenvalue weighted by atomic mass is 9.83. The minimum absolute atomic E-state index is 0.253. The van der Waals surface area contributed by atoms with Crippen molar-refractivity contribution in [2.45, 2.75) is 38.1 Å². The van der Waals surface area contributed by atoms with Crippen molar-refractivity contribution >= 4 is 17.7 Å². The molecule has 3 rings (SSSR count). The first-order chi connectivity index (χ1) is 11.5. The molecule has 0 radical (unpaired) electrons. The maximum Gasteiger partial charge on any atom is 0.328 e. The summed E-state index contributed by atoms with van der Waals surface area (Å²) in [4.78, 5) is 44.3. The molecule has 1 saturated heterocycles. The van der Waals surface area contributed by atoms with E-state index in [2.05, 4.69) is 11.1 Å². The van der Waals surface area contributed by atoms with Gasteiger partial charge in [0.05, 0.1) is 6.54 Å². The number of hydrogen-bond donors (Lipinski definition) is 0. The fourth-order valence-electron chi connectivity index (χ4n) is 3.40. The molecule has 0 bridgehead atoms. The van der Waals surface area contributed by atoms with Gasteiger partial charge in [0.2, 0.25) is 0 Å². The first-order valence-electron chi connectivity index (χ1n) is 8.18. The molecule has 1 aliphatic carbocycles. The molecule has 1 atom stereocenters. The van der Waals surface area contributed by atoms with Crippen LogP contribution in [0.2, 0.25) is 0 Å². The van der Waals surface area contributed by atoms with Gasteiger partial charge in [0, 0.05) is 25.0 Å². The van der Waals surface area contributed by atoms with E-state index >= 15 is 0 Å². The average molecular weight is 327 g/mol. The number of carbonyl (C=O) groups is 3. The number of amides is 3. The lowest BCUT2D eigenvalue weighted by Crippen LogP contribution is -2.47. The number of rotatable bonds is 4. The Hall–Kier alpha value is -2.50. The van der Waals surface area contributed by atoms with Crippen molar-refractivity contribution in [3.05, 3.63) is 41.7 Å². The molecule has 0 N–H and O–H groups in total. The first kappa shape index (κ1) is 16.4. The van der Waals surface area contributed by atoms with Crippen LogP contribution in [0.25, 0.3) is 0 Å². The zero-order valence-electron chi connectivity index (χ0n) is 14.0. The monoisotopic (exact) mass is 327 g/mol. The van der Waals surface area contributed by atoms with Crippen LogP contribution in [0, 0.1) is 0 Å². The second-order valence-corrected chi connectivity index (χ2v) is 6.45. The van der Waals surface area contributed by atoms with Crippen LogP contribution in [0.15, 0.2) is 36.2 Å². The third-order valence-corrected chi connectivity index (χ3v) is 5.05. The van der Waals surface area contributed by atoms with Gasteiger partial charge in [-0.3, -0.25) is 19.5 Å². The molecule has 6 heteroatoms. The average Bonchev–Trinajstić information content (AvgIpc) is 2.79. The molecule has 24 heavy (non-hydrogen) atoms. The van der Waals surface area contributed by atoms with Crippen molar-refractivity contribution in [3.8, 4) is 0 Å². The topological polar surface area (TPSA) is 70.6 Å². The second kappa shape index (κ2) is 6.19. The Morgan fingerprint density at radius 3 is 2.75 bits per heavy atom. The van der Waals surface area contributed by atoms with Crippen molar-refractivity contribution in [2.75, 3.05) is 13.6 Å². The standard InChI is InChI=1S/C18H21N3O3/c1-18(14-8-4-3-5-9-14)16(23)21(17(24)20(18)2)12-15(22)13-7-6-10-19-11-13/h6-8,10-11H,3-5,9,12H2,1-2H3. The Bertz CT molecular complexity index is 713. The minimum Gasteiger partial charge on any atom is -0.309 e. The maximum absolute atomic E-state index is 13.0. The lowest BCUT2D eigenvalue weighted by Gasteiger charge is -2.33. The number of likely N-dealkylation sites (N-methyl/N-ethyl adjacent to an activating group) is 1. The minimum atomic E-state index is -0.979. The number of allylic oxidation sites excluding steroid dienone is 1. The number of ketones is 1. The SMILES string of the molecule is CN1C(=O)N(CC(=O)c2cccnc2)C(=O)C1(C)C1=CCCCC1. The fourth-order valence-corrected chi connectivity index (χ4v) is 3.40. The van der Waals surface area contributed by atoms with Crippen LogP contribution in [0.1, 0.15) is 43.0 Å². The molecular formula is C18H21N3O3. The van der Waals surface area contributed by atoms with Gasteiger partial charge in [0.25, 0.3) is 5.91 Å². The van der Waals surface area contributed by atoms with E-state index in [4.69, 9.17) is 0 Å². The number of imide groups is 1. The molecule has 3 amide bonds. The zero-order valence-corrected chi connectivity index (χ0v) is 14.0. The number of aromatic nitrogens is 1. The van der Waals surface area contributed by atoms with E-state index in [0.29, 0.717) is 5.56 Å². The Labute approximate surface area is 141 Å². The summed E-state index contributed by atoms with van der Waals surface area (Å²) in [5.74, 6) is -0.611. The quantitative estimate of drug-likeness (QED) is 0.484. The van der Waals surface area contributed by atoms with Gasteiger partial charge in [-0.25, -0.2) is 4.79 Å². The first-order valence-corrected chi connectivity index (χ1v) is 8.18. The van der Waals surface area contributed by atoms with E-state index < -0.39 is 11.6 Å². The Morgan fingerprint density at radius 2 is 2.12 bits per heavy atom. The Kier molecular flexibility index (Phi) is 4.22. The molecule has 6 nitrogen and oxygen atoms in total. The van der Waals surface area contributed by atoms with Gasteiger partial charge in [0.1, 0.15) is 5.54 Å². The highest BCUT2D eigenvalue weighted by atomic mass is 16.2. The predicted molar refractivity (Wildman–Crippen MR) is 88.4 cm³/mol. The van der Waals surface area contributed by atoms with Crippen LogP contribution in [-0.4, -0.2) is 51.6 Å². The molecule has 1 unspecified atom stereocenters. The molecule has 2 aliphatic rings. The molecule has 0 aromatic carbocycles. The molecule has 1 fully saturated rings. The van der Waals surface area contributed by atoms with Gasteiger partial charge >= 0.3 is 6.03 Å². The van der Waals surface area contributed by atoms with E-state index in [0.717, 1.165) is 36.2 Å². The molecule has 126 valence electrons. The van der Waals surface area contributed by atoms with E-state index in [9.17, 15) is 14.4 Å². The summed E-state index contributed by atoms with van der Waals surface area (Å²) in [5, 5.41) is 0. The van der Waals surface area contributed by atoms with Gasteiger partial charge in [-0.15, -0.1) is 0 Å². The fraction of sp³-hybridized carbons (Fsp3) is 0.444. The molecule has 0 saturated carbocycles. The number of pyridine rings is 1. The van der Waals surface area contributed by atoms with Crippen molar-refractivity contribution in [3.63, 3.8) is 0 Å². The molecule has 1 aliphatic heterocycles. The Morgan fingerprint density at radius 1 is 1.33 bits per heavy atom. The molecule has 1 aromatic rings. The van der Waals surface area contributed by atoms with Crippen LogP contribution in [-0.2, 0) is 4.79 Å². The number of nitrogens with zero attached hydrogens (tertiary/aromatic N) is 3. The summed E-state index contributed by atoms with van der Waals surface area (Å²) in [7, 11) is 1.63. The largest absolute Gasteiger partial charge is 0.328 e. The molecule has 0 spiro atoms. The second-order valence-electron chi connectivity index (χ2n) is 6.45. The lowest BCUT2D eigenvalue weighted by molar-refractivity contribution is -0.130. The summed E-state index contributed by atoms with van der Waals surface area (Å²) in [5.41, 5.74) is 0.393. The summed E-state index contributed by atoms with van der Waals surface area (Å²) in [6.45, 7) is 1.52. The van der Waals surface area contributed by atoms with Crippen LogP contribution >= 0.6 is 0 Å². The summed E-state index contributed by atoms with van der Waals surface area (Å²) < 4.78 is 0. The third-order valence-electron chi connectivity index (χ3n) is 5.05. The van der Waals surface area contributed by atoms with Gasteiger partial charge in [-0.05, 0) is 50.3 Å². The highest BCUT2D eigenvalue weighted by Crippen LogP contribution is 2.37. The molecular weight excluding hydrogens is 306 g/mol. The normalized spacial score (nSPS) is 24.3. The number of Topliss-reactive ketones (excluding diaryl/α,β-unsaturated/α-hetero) is 1. The van der Waals surface area contributed by atoms with Gasteiger partial charge in [0.15, 0.2) is 5.78 Å². The summed E-state index contributed by atoms with van der Waals surface area (Å²) in [6.07, 6.45) is 8.94. The van der Waals surface area contributed by atoms with Crippen LogP contribution < -0.4 is 0 Å². The highest BCUT2D eigenvalue weighted by molar-refractivity contribution is 6.12. The zero-order chi connectivity index (χ0) is 17.3. The van der Waals surface area contributed by atoms with Crippen molar-refractivity contribution in [1.29, 1.82) is 0 Å². The molecule has 1 aromatic heterocycles. The predicted octanol–water partition coefficient (Wildman–Crippen LogP) is 2.42. The van der Waals surface area contributed by atoms with Crippen molar-refractivity contribution in [1.82, 2.24) is 14.8 Å². The summed E-state index contributed by atoms with van der Waals surface area (Å²) >= 11 is 0. The number of urea groups is 1. The van der Waals surface area contributed by atoms with Crippen molar-refractivity contribution < 1.29 is 14.4 Å². The number of carbonyl (C=O) groups excluding carboxylic acids is 3. The van der Waals surface area contributed by atoms with E-state index in [1.54, 1.807) is 32.3 Å². The van der Waals surface area contributed by atoms with E-state index in [-0.39, 0.29) is 18.2 Å². The number of hydrogen-bond acceptors (Lipinski definition) is 4. The van der Waals surface area contributed by atoms with E-state index in [1.807, 2.05) is 0 Å². The van der Waals surface area contributed by atoms with Crippen molar-refractivity contribution in [2.24, 2.45) is 0 Å². The third kappa shape index (κ3) is 2.52. The Balaban J connectivity index is 1.85. The van der Waals surface area contributed by atoms with Gasteiger partial charge in [-0.2, -0.15) is 0 Å². The van der Waals surface area contributed by atoms with Crippen LogP contribution in [0.4, 0.5) is 4.79 Å². The van der Waals surface area contributed by atoms with Crippen LogP contribution in [0.5, 0.6) is 0 Å². The van der Waals surface area contributed by atoms with Gasteiger partial charge < -0.3 is 4.90 Å². The highest BCUT2D eigenvalue weighted by Gasteiger charge is 2.54. The van der Waals surface area contributed by atoms with Gasteiger partial charge in [-0.1, -0.05) is 6.08 Å². The van der Waals surface area contributed by atoms with Crippen LogP contribution in [0.3, 0.4) is 0 Å². The van der Waals surface area contributed by atoms with E-state index in [1.165, 1.54) is 11.1 Å².